The molecular formula is C28H36N4O4. The zero-order chi connectivity index (χ0) is 25.8. The van der Waals surface area contributed by atoms with E-state index < -0.39 is 0 Å². The molecule has 3 rings (SSSR count). The van der Waals surface area contributed by atoms with E-state index in [4.69, 9.17) is 9.47 Å². The zero-order valence-electron chi connectivity index (χ0n) is 21.4. The van der Waals surface area contributed by atoms with Gasteiger partial charge in [-0.3, -0.25) is 4.79 Å². The number of anilines is 1. The maximum atomic E-state index is 12.4. The van der Waals surface area contributed by atoms with E-state index in [1.54, 1.807) is 6.92 Å². The summed E-state index contributed by atoms with van der Waals surface area (Å²) in [6.45, 7) is 7.87. The summed E-state index contributed by atoms with van der Waals surface area (Å²) in [5.41, 5.74) is 4.91. The number of rotatable bonds is 13. The number of aromatic nitrogens is 2. The SMILES string of the molecule is CCOC(=O)CCCNC(=O)Nc1c(C)cccc1OCCCn1cnc(-c2ccccc2)c1CC. The summed E-state index contributed by atoms with van der Waals surface area (Å²) in [6, 6.07) is 15.6. The van der Waals surface area contributed by atoms with Crippen molar-refractivity contribution in [2.45, 2.75) is 53.0 Å². The maximum Gasteiger partial charge on any atom is 0.319 e. The van der Waals surface area contributed by atoms with Crippen LogP contribution in [0.4, 0.5) is 10.5 Å². The summed E-state index contributed by atoms with van der Waals surface area (Å²) in [5.74, 6) is 0.371. The first-order valence-electron chi connectivity index (χ1n) is 12.6. The van der Waals surface area contributed by atoms with E-state index in [1.165, 1.54) is 5.69 Å². The number of amides is 2. The second kappa shape index (κ2) is 13.9. The lowest BCUT2D eigenvalue weighted by molar-refractivity contribution is -0.143. The van der Waals surface area contributed by atoms with E-state index in [9.17, 15) is 9.59 Å². The summed E-state index contributed by atoms with van der Waals surface area (Å²) in [4.78, 5) is 28.4. The largest absolute Gasteiger partial charge is 0.491 e. The van der Waals surface area contributed by atoms with Crippen LogP contribution >= 0.6 is 0 Å². The van der Waals surface area contributed by atoms with Crippen molar-refractivity contribution in [2.75, 3.05) is 25.1 Å². The normalized spacial score (nSPS) is 10.6. The lowest BCUT2D eigenvalue weighted by atomic mass is 10.1. The summed E-state index contributed by atoms with van der Waals surface area (Å²) in [6.07, 6.45) is 4.38. The van der Waals surface area contributed by atoms with E-state index in [0.717, 1.165) is 36.2 Å². The van der Waals surface area contributed by atoms with Crippen LogP contribution in [0, 0.1) is 6.92 Å². The number of hydrogen-bond acceptors (Lipinski definition) is 5. The van der Waals surface area contributed by atoms with E-state index in [0.29, 0.717) is 37.6 Å². The molecule has 192 valence electrons. The van der Waals surface area contributed by atoms with Gasteiger partial charge < -0.3 is 24.7 Å². The number of esters is 1. The number of benzene rings is 2. The number of carbonyl (C=O) groups excluding carboxylic acids is 2. The second-order valence-corrected chi connectivity index (χ2v) is 8.39. The molecule has 2 aromatic carbocycles. The fourth-order valence-corrected chi connectivity index (χ4v) is 3.97. The lowest BCUT2D eigenvalue weighted by Crippen LogP contribution is -2.30. The van der Waals surface area contributed by atoms with E-state index in [-0.39, 0.29) is 18.4 Å². The highest BCUT2D eigenvalue weighted by atomic mass is 16.5. The molecule has 0 spiro atoms. The summed E-state index contributed by atoms with van der Waals surface area (Å²) < 4.78 is 13.1. The minimum atomic E-state index is -0.336. The molecule has 0 atom stereocenters. The van der Waals surface area contributed by atoms with Crippen molar-refractivity contribution in [1.82, 2.24) is 14.9 Å². The van der Waals surface area contributed by atoms with Crippen LogP contribution in [0.1, 0.15) is 44.4 Å². The predicted octanol–water partition coefficient (Wildman–Crippen LogP) is 5.35. The molecule has 2 N–H and O–H groups in total. The number of para-hydroxylation sites is 1. The minimum absolute atomic E-state index is 0.257. The fourth-order valence-electron chi connectivity index (χ4n) is 3.97. The molecule has 0 saturated heterocycles. The third-order valence-electron chi connectivity index (χ3n) is 5.75. The summed E-state index contributed by atoms with van der Waals surface area (Å²) in [5, 5.41) is 5.66. The number of nitrogens with zero attached hydrogens (tertiary/aromatic N) is 2. The fraction of sp³-hybridized carbons (Fsp3) is 0.393. The van der Waals surface area contributed by atoms with Crippen LogP contribution in [-0.4, -0.2) is 41.3 Å². The molecule has 0 saturated carbocycles. The van der Waals surface area contributed by atoms with Crippen LogP contribution in [0.3, 0.4) is 0 Å². The minimum Gasteiger partial charge on any atom is -0.491 e. The van der Waals surface area contributed by atoms with Gasteiger partial charge in [-0.15, -0.1) is 0 Å². The number of nitrogens with one attached hydrogen (secondary N) is 2. The van der Waals surface area contributed by atoms with Crippen LogP contribution in [0.25, 0.3) is 11.3 Å². The first-order chi connectivity index (χ1) is 17.5. The number of hydrogen-bond donors (Lipinski definition) is 2. The van der Waals surface area contributed by atoms with Crippen molar-refractivity contribution in [3.8, 4) is 17.0 Å². The molecule has 1 aromatic heterocycles. The van der Waals surface area contributed by atoms with Gasteiger partial charge in [-0.2, -0.15) is 0 Å². The van der Waals surface area contributed by atoms with E-state index in [1.807, 2.05) is 49.6 Å². The van der Waals surface area contributed by atoms with Gasteiger partial charge in [0.15, 0.2) is 0 Å². The van der Waals surface area contributed by atoms with E-state index in [2.05, 4.69) is 39.2 Å². The number of ether oxygens (including phenoxy) is 2. The van der Waals surface area contributed by atoms with Crippen LogP contribution in [-0.2, 0) is 22.5 Å². The van der Waals surface area contributed by atoms with Gasteiger partial charge in [0.2, 0.25) is 0 Å². The average Bonchev–Trinajstić information content (AvgIpc) is 3.30. The molecule has 2 amide bonds. The van der Waals surface area contributed by atoms with Gasteiger partial charge in [0.1, 0.15) is 5.75 Å². The number of urea groups is 1. The molecule has 8 nitrogen and oxygen atoms in total. The molecule has 0 aliphatic heterocycles. The van der Waals surface area contributed by atoms with Gasteiger partial charge in [0.05, 0.1) is 30.9 Å². The highest BCUT2D eigenvalue weighted by molar-refractivity contribution is 5.91. The Balaban J connectivity index is 1.51. The Morgan fingerprint density at radius 1 is 1.03 bits per heavy atom. The quantitative estimate of drug-likeness (QED) is 0.248. The summed E-state index contributed by atoms with van der Waals surface area (Å²) >= 11 is 0. The molecule has 3 aromatic rings. The molecular weight excluding hydrogens is 456 g/mol. The highest BCUT2D eigenvalue weighted by Gasteiger charge is 2.13. The molecule has 0 radical (unpaired) electrons. The van der Waals surface area contributed by atoms with Gasteiger partial charge in [0.25, 0.3) is 0 Å². The van der Waals surface area contributed by atoms with Crippen molar-refractivity contribution in [1.29, 1.82) is 0 Å². The Morgan fingerprint density at radius 3 is 2.58 bits per heavy atom. The molecule has 0 aliphatic rings. The Morgan fingerprint density at radius 2 is 1.83 bits per heavy atom. The molecule has 36 heavy (non-hydrogen) atoms. The van der Waals surface area contributed by atoms with Gasteiger partial charge in [-0.25, -0.2) is 9.78 Å². The third kappa shape index (κ3) is 7.60. The highest BCUT2D eigenvalue weighted by Crippen LogP contribution is 2.28. The second-order valence-electron chi connectivity index (χ2n) is 8.39. The monoisotopic (exact) mass is 492 g/mol. The Kier molecular flexibility index (Phi) is 10.4. The third-order valence-corrected chi connectivity index (χ3v) is 5.75. The van der Waals surface area contributed by atoms with Gasteiger partial charge >= 0.3 is 12.0 Å². The van der Waals surface area contributed by atoms with Crippen molar-refractivity contribution in [3.63, 3.8) is 0 Å². The van der Waals surface area contributed by atoms with Gasteiger partial charge in [-0.05, 0) is 44.7 Å². The number of aryl methyl sites for hydroxylation is 2. The van der Waals surface area contributed by atoms with Crippen molar-refractivity contribution in [2.24, 2.45) is 0 Å². The lowest BCUT2D eigenvalue weighted by Gasteiger charge is -2.16. The number of imidazole rings is 1. The Bertz CT molecular complexity index is 1130. The van der Waals surface area contributed by atoms with Crippen molar-refractivity contribution >= 4 is 17.7 Å². The van der Waals surface area contributed by atoms with Crippen molar-refractivity contribution in [3.05, 3.63) is 66.1 Å². The van der Waals surface area contributed by atoms with Gasteiger partial charge in [-0.1, -0.05) is 49.4 Å². The molecule has 0 bridgehead atoms. The average molecular weight is 493 g/mol. The predicted molar refractivity (Wildman–Crippen MR) is 141 cm³/mol. The molecule has 1 heterocycles. The van der Waals surface area contributed by atoms with Crippen LogP contribution < -0.4 is 15.4 Å². The maximum absolute atomic E-state index is 12.4. The summed E-state index contributed by atoms with van der Waals surface area (Å²) in [7, 11) is 0. The molecule has 0 fully saturated rings. The van der Waals surface area contributed by atoms with Crippen LogP contribution in [0.2, 0.25) is 0 Å². The molecule has 8 heteroatoms. The number of carbonyl (C=O) groups is 2. The van der Waals surface area contributed by atoms with Crippen LogP contribution in [0.15, 0.2) is 54.9 Å². The molecule has 0 unspecified atom stereocenters. The van der Waals surface area contributed by atoms with E-state index >= 15 is 0 Å². The topological polar surface area (TPSA) is 94.5 Å². The standard InChI is InChI=1S/C28H36N4O4/c1-4-23-27(22-13-7-6-8-14-22)30-20-32(23)18-11-19-36-24-15-9-12-21(3)26(24)31-28(34)29-17-10-16-25(33)35-5-2/h6-9,12-15,20H,4-5,10-11,16-19H2,1-3H3,(H2,29,31,34). The van der Waals surface area contributed by atoms with Crippen LogP contribution in [0.5, 0.6) is 5.75 Å². The van der Waals surface area contributed by atoms with Crippen molar-refractivity contribution < 1.29 is 19.1 Å². The first-order valence-corrected chi connectivity index (χ1v) is 12.6. The Labute approximate surface area is 213 Å². The smallest absolute Gasteiger partial charge is 0.319 e. The van der Waals surface area contributed by atoms with Gasteiger partial charge in [0, 0.05) is 30.8 Å². The first kappa shape index (κ1) is 26.8. The zero-order valence-corrected chi connectivity index (χ0v) is 21.4. The Hall–Kier alpha value is -3.81. The molecule has 0 aliphatic carbocycles.